The highest BCUT2D eigenvalue weighted by molar-refractivity contribution is 5.91. The number of nitro groups is 1. The molecular weight excluding hydrogens is 298 g/mol. The fraction of sp³-hybridized carbons (Fsp3) is 0.267. The zero-order valence-corrected chi connectivity index (χ0v) is 12.8. The third-order valence-corrected chi connectivity index (χ3v) is 3.16. The molecule has 120 valence electrons. The Morgan fingerprint density at radius 1 is 1.39 bits per heavy atom. The zero-order chi connectivity index (χ0) is 16.8. The lowest BCUT2D eigenvalue weighted by molar-refractivity contribution is -0.384. The van der Waals surface area contributed by atoms with Crippen molar-refractivity contribution in [3.8, 4) is 0 Å². The van der Waals surface area contributed by atoms with Crippen LogP contribution in [-0.4, -0.2) is 25.6 Å². The number of amides is 1. The van der Waals surface area contributed by atoms with Crippen molar-refractivity contribution in [2.45, 2.75) is 26.4 Å². The van der Waals surface area contributed by atoms with Gasteiger partial charge in [0.2, 0.25) is 5.91 Å². The van der Waals surface area contributed by atoms with Crippen LogP contribution in [0.4, 0.5) is 5.69 Å². The lowest BCUT2D eigenvalue weighted by Crippen LogP contribution is -2.23. The third-order valence-electron chi connectivity index (χ3n) is 3.16. The van der Waals surface area contributed by atoms with E-state index in [-0.39, 0.29) is 24.2 Å². The summed E-state index contributed by atoms with van der Waals surface area (Å²) in [7, 11) is 0. The number of hydrogen-bond donors (Lipinski definition) is 1. The SMILES string of the molecule is CC(C)n1cnnc1CNC(=O)/C=C/c1ccc([N+](=O)[O-])cc1. The summed E-state index contributed by atoms with van der Waals surface area (Å²) in [5, 5.41) is 21.1. The van der Waals surface area contributed by atoms with E-state index in [4.69, 9.17) is 0 Å². The number of nitrogens with zero attached hydrogens (tertiary/aromatic N) is 4. The lowest BCUT2D eigenvalue weighted by atomic mass is 10.2. The van der Waals surface area contributed by atoms with Crippen LogP contribution in [0, 0.1) is 10.1 Å². The molecule has 0 saturated heterocycles. The summed E-state index contributed by atoms with van der Waals surface area (Å²) >= 11 is 0. The van der Waals surface area contributed by atoms with E-state index in [0.717, 1.165) is 0 Å². The molecule has 1 aromatic heterocycles. The molecule has 1 aromatic carbocycles. The molecule has 0 aliphatic heterocycles. The molecule has 0 aliphatic rings. The molecule has 1 amide bonds. The first-order chi connectivity index (χ1) is 11.0. The highest BCUT2D eigenvalue weighted by Gasteiger charge is 2.08. The summed E-state index contributed by atoms with van der Waals surface area (Å²) in [6.45, 7) is 4.29. The summed E-state index contributed by atoms with van der Waals surface area (Å²) in [5.74, 6) is 0.402. The van der Waals surface area contributed by atoms with Gasteiger partial charge in [0.15, 0.2) is 5.82 Å². The summed E-state index contributed by atoms with van der Waals surface area (Å²) in [6, 6.07) is 6.16. The van der Waals surface area contributed by atoms with Crippen LogP contribution in [0.15, 0.2) is 36.7 Å². The first-order valence-corrected chi connectivity index (χ1v) is 7.06. The molecule has 0 unspecified atom stereocenters. The minimum Gasteiger partial charge on any atom is -0.345 e. The van der Waals surface area contributed by atoms with Crippen LogP contribution in [0.3, 0.4) is 0 Å². The molecule has 0 spiro atoms. The van der Waals surface area contributed by atoms with E-state index in [1.54, 1.807) is 24.5 Å². The van der Waals surface area contributed by atoms with E-state index >= 15 is 0 Å². The number of rotatable bonds is 6. The first-order valence-electron chi connectivity index (χ1n) is 7.06. The van der Waals surface area contributed by atoms with Crippen molar-refractivity contribution < 1.29 is 9.72 Å². The Bertz CT molecular complexity index is 719. The average molecular weight is 315 g/mol. The van der Waals surface area contributed by atoms with Gasteiger partial charge in [-0.15, -0.1) is 10.2 Å². The molecule has 8 nitrogen and oxygen atoms in total. The summed E-state index contributed by atoms with van der Waals surface area (Å²) in [4.78, 5) is 21.9. The smallest absolute Gasteiger partial charge is 0.269 e. The summed E-state index contributed by atoms with van der Waals surface area (Å²) < 4.78 is 1.88. The average Bonchev–Trinajstić information content (AvgIpc) is 3.00. The van der Waals surface area contributed by atoms with Gasteiger partial charge in [0.1, 0.15) is 6.33 Å². The number of nitro benzene ring substituents is 1. The van der Waals surface area contributed by atoms with E-state index in [0.29, 0.717) is 11.4 Å². The minimum atomic E-state index is -0.467. The Morgan fingerprint density at radius 2 is 2.09 bits per heavy atom. The first kappa shape index (κ1) is 16.3. The highest BCUT2D eigenvalue weighted by Crippen LogP contribution is 2.12. The number of carbonyl (C=O) groups excluding carboxylic acids is 1. The molecule has 23 heavy (non-hydrogen) atoms. The standard InChI is InChI=1S/C15H17N5O3/c1-11(2)19-10-17-18-14(19)9-16-15(21)8-5-12-3-6-13(7-4-12)20(22)23/h3-8,10-11H,9H2,1-2H3,(H,16,21)/b8-5+. The van der Waals surface area contributed by atoms with Crippen LogP contribution < -0.4 is 5.32 Å². The van der Waals surface area contributed by atoms with Gasteiger partial charge in [-0.25, -0.2) is 0 Å². The molecule has 2 rings (SSSR count). The maximum Gasteiger partial charge on any atom is 0.269 e. The van der Waals surface area contributed by atoms with Crippen LogP contribution >= 0.6 is 0 Å². The van der Waals surface area contributed by atoms with Gasteiger partial charge in [-0.3, -0.25) is 14.9 Å². The van der Waals surface area contributed by atoms with Crippen molar-refractivity contribution >= 4 is 17.7 Å². The normalized spacial score (nSPS) is 11.1. The van der Waals surface area contributed by atoms with Gasteiger partial charge >= 0.3 is 0 Å². The van der Waals surface area contributed by atoms with Gasteiger partial charge < -0.3 is 9.88 Å². The fourth-order valence-corrected chi connectivity index (χ4v) is 1.93. The second kappa shape index (κ2) is 7.30. The molecule has 0 fully saturated rings. The van der Waals surface area contributed by atoms with Gasteiger partial charge in [0.25, 0.3) is 5.69 Å². The molecule has 0 saturated carbocycles. The topological polar surface area (TPSA) is 103 Å². The number of benzene rings is 1. The van der Waals surface area contributed by atoms with Crippen LogP contribution in [0.1, 0.15) is 31.3 Å². The van der Waals surface area contributed by atoms with E-state index in [9.17, 15) is 14.9 Å². The van der Waals surface area contributed by atoms with E-state index in [1.807, 2.05) is 18.4 Å². The predicted octanol–water partition coefficient (Wildman–Crippen LogP) is 2.10. The van der Waals surface area contributed by atoms with Gasteiger partial charge in [-0.1, -0.05) is 0 Å². The van der Waals surface area contributed by atoms with Crippen molar-refractivity contribution in [3.63, 3.8) is 0 Å². The Kier molecular flexibility index (Phi) is 5.19. The minimum absolute atomic E-state index is 0.0135. The van der Waals surface area contributed by atoms with Crippen LogP contribution in [0.25, 0.3) is 6.08 Å². The van der Waals surface area contributed by atoms with Gasteiger partial charge in [0, 0.05) is 24.3 Å². The summed E-state index contributed by atoms with van der Waals surface area (Å²) in [5.41, 5.74) is 0.718. The Labute approximate surface area is 133 Å². The van der Waals surface area contributed by atoms with Gasteiger partial charge in [-0.2, -0.15) is 0 Å². The number of carbonyl (C=O) groups is 1. The Morgan fingerprint density at radius 3 is 2.70 bits per heavy atom. The van der Waals surface area contributed by atoms with Crippen LogP contribution in [0.5, 0.6) is 0 Å². The van der Waals surface area contributed by atoms with Crippen LogP contribution in [0.2, 0.25) is 0 Å². The third kappa shape index (κ3) is 4.47. The molecule has 0 aliphatic carbocycles. The lowest BCUT2D eigenvalue weighted by Gasteiger charge is -2.09. The van der Waals surface area contributed by atoms with Gasteiger partial charge in [0.05, 0.1) is 11.5 Å². The van der Waals surface area contributed by atoms with Crippen molar-refractivity contribution in [2.75, 3.05) is 0 Å². The second-order valence-electron chi connectivity index (χ2n) is 5.15. The van der Waals surface area contributed by atoms with E-state index in [1.165, 1.54) is 18.2 Å². The Hall–Kier alpha value is -3.03. The van der Waals surface area contributed by atoms with E-state index in [2.05, 4.69) is 15.5 Å². The van der Waals surface area contributed by atoms with E-state index < -0.39 is 4.92 Å². The molecular formula is C15H17N5O3. The molecule has 1 heterocycles. The van der Waals surface area contributed by atoms with Gasteiger partial charge in [-0.05, 0) is 37.6 Å². The number of hydrogen-bond acceptors (Lipinski definition) is 5. The molecule has 0 atom stereocenters. The summed E-state index contributed by atoms with van der Waals surface area (Å²) in [6.07, 6.45) is 4.59. The van der Waals surface area contributed by atoms with Crippen LogP contribution in [-0.2, 0) is 11.3 Å². The molecule has 0 bridgehead atoms. The molecule has 1 N–H and O–H groups in total. The molecule has 0 radical (unpaired) electrons. The molecule has 2 aromatic rings. The monoisotopic (exact) mass is 315 g/mol. The fourth-order valence-electron chi connectivity index (χ4n) is 1.93. The quantitative estimate of drug-likeness (QED) is 0.499. The second-order valence-corrected chi connectivity index (χ2v) is 5.15. The number of non-ortho nitro benzene ring substituents is 1. The van der Waals surface area contributed by atoms with Crippen molar-refractivity contribution in [1.82, 2.24) is 20.1 Å². The maximum absolute atomic E-state index is 11.8. The maximum atomic E-state index is 11.8. The zero-order valence-electron chi connectivity index (χ0n) is 12.8. The largest absolute Gasteiger partial charge is 0.345 e. The van der Waals surface area contributed by atoms with Crippen molar-refractivity contribution in [3.05, 3.63) is 58.2 Å². The number of nitrogens with one attached hydrogen (secondary N) is 1. The highest BCUT2D eigenvalue weighted by atomic mass is 16.6. The Balaban J connectivity index is 1.91. The number of aromatic nitrogens is 3. The van der Waals surface area contributed by atoms with Crippen molar-refractivity contribution in [2.24, 2.45) is 0 Å². The van der Waals surface area contributed by atoms with Crippen molar-refractivity contribution in [1.29, 1.82) is 0 Å². The predicted molar refractivity (Wildman–Crippen MR) is 84.4 cm³/mol. The molecule has 8 heteroatoms.